The molecule has 0 aromatic heterocycles. The average Bonchev–Trinajstić information content (AvgIpc) is 2.46. The minimum Gasteiger partial charge on any atom is -0.381 e. The van der Waals surface area contributed by atoms with Crippen LogP contribution in [0.2, 0.25) is 0 Å². The number of nitrogens with two attached hydrogens (primary N) is 1. The van der Waals surface area contributed by atoms with Crippen molar-refractivity contribution in [2.24, 2.45) is 5.73 Å². The van der Waals surface area contributed by atoms with Crippen LogP contribution in [0.25, 0.3) is 0 Å². The second-order valence-electron chi connectivity index (χ2n) is 5.54. The molecule has 1 aromatic rings. The molecule has 1 aliphatic heterocycles. The fourth-order valence-corrected chi connectivity index (χ4v) is 2.31. The van der Waals surface area contributed by atoms with Gasteiger partial charge in [-0.15, -0.1) is 12.4 Å². The minimum atomic E-state index is -4.19. The van der Waals surface area contributed by atoms with E-state index < -0.39 is 18.1 Å². The Balaban J connectivity index is 0.00000264. The van der Waals surface area contributed by atoms with Crippen molar-refractivity contribution in [2.75, 3.05) is 18.5 Å². The summed E-state index contributed by atoms with van der Waals surface area (Å²) in [6, 6.07) is 6.41. The molecule has 1 aliphatic rings. The van der Waals surface area contributed by atoms with Gasteiger partial charge in [0.1, 0.15) is 5.54 Å². The standard InChI is InChI=1S/C15H19F3N2O2.ClH/c16-15(17,18)5-4-11-2-1-3-12(10-11)20-13(21)14(19)6-8-22-9-7-14;/h1-3,10H,4-9,19H2,(H,20,21);1H. The average molecular weight is 353 g/mol. The number of carbonyl (C=O) groups is 1. The number of ether oxygens (including phenoxy) is 1. The lowest BCUT2D eigenvalue weighted by atomic mass is 9.90. The third-order valence-corrected chi connectivity index (χ3v) is 3.72. The van der Waals surface area contributed by atoms with Crippen molar-refractivity contribution in [3.05, 3.63) is 29.8 Å². The Hall–Kier alpha value is -1.31. The molecule has 130 valence electrons. The molecule has 0 radical (unpaired) electrons. The van der Waals surface area contributed by atoms with E-state index in [1.54, 1.807) is 24.3 Å². The number of benzene rings is 1. The van der Waals surface area contributed by atoms with Gasteiger partial charge in [-0.3, -0.25) is 4.79 Å². The van der Waals surface area contributed by atoms with Gasteiger partial charge >= 0.3 is 6.18 Å². The van der Waals surface area contributed by atoms with E-state index in [2.05, 4.69) is 5.32 Å². The summed E-state index contributed by atoms with van der Waals surface area (Å²) in [6.07, 6.45) is -4.35. The van der Waals surface area contributed by atoms with Crippen LogP contribution in [0.3, 0.4) is 0 Å². The van der Waals surface area contributed by atoms with Gasteiger partial charge in [0.25, 0.3) is 0 Å². The normalized spacial score (nSPS) is 17.2. The van der Waals surface area contributed by atoms with Gasteiger partial charge < -0.3 is 15.8 Å². The highest BCUT2D eigenvalue weighted by Crippen LogP contribution is 2.24. The Morgan fingerprint density at radius 1 is 1.30 bits per heavy atom. The minimum absolute atomic E-state index is 0. The van der Waals surface area contributed by atoms with Crippen molar-refractivity contribution in [3.8, 4) is 0 Å². The highest BCUT2D eigenvalue weighted by atomic mass is 35.5. The molecular formula is C15H20ClF3N2O2. The number of carbonyl (C=O) groups excluding carboxylic acids is 1. The van der Waals surface area contributed by atoms with Crippen LogP contribution in [0.15, 0.2) is 24.3 Å². The fourth-order valence-electron chi connectivity index (χ4n) is 2.31. The summed E-state index contributed by atoms with van der Waals surface area (Å²) in [5.41, 5.74) is 6.06. The second-order valence-corrected chi connectivity index (χ2v) is 5.54. The summed E-state index contributed by atoms with van der Waals surface area (Å²) in [5.74, 6) is -0.330. The van der Waals surface area contributed by atoms with Gasteiger partial charge in [0.05, 0.1) is 0 Å². The van der Waals surface area contributed by atoms with E-state index in [0.29, 0.717) is 37.3 Å². The predicted molar refractivity (Wildman–Crippen MR) is 83.7 cm³/mol. The predicted octanol–water partition coefficient (Wildman–Crippen LogP) is 3.05. The Morgan fingerprint density at radius 3 is 2.57 bits per heavy atom. The molecule has 0 saturated carbocycles. The molecule has 1 fully saturated rings. The Labute approximate surface area is 139 Å². The van der Waals surface area contributed by atoms with Crippen LogP contribution in [0.4, 0.5) is 18.9 Å². The number of alkyl halides is 3. The van der Waals surface area contributed by atoms with E-state index in [-0.39, 0.29) is 24.7 Å². The first-order valence-electron chi connectivity index (χ1n) is 7.12. The number of hydrogen-bond acceptors (Lipinski definition) is 3. The van der Waals surface area contributed by atoms with Gasteiger partial charge in [-0.25, -0.2) is 0 Å². The first kappa shape index (κ1) is 19.7. The first-order chi connectivity index (χ1) is 10.3. The molecule has 0 aliphatic carbocycles. The van der Waals surface area contributed by atoms with Gasteiger partial charge in [0.15, 0.2) is 0 Å². The van der Waals surface area contributed by atoms with E-state index in [9.17, 15) is 18.0 Å². The molecule has 4 nitrogen and oxygen atoms in total. The summed E-state index contributed by atoms with van der Waals surface area (Å²) >= 11 is 0. The second kappa shape index (κ2) is 7.99. The zero-order valence-corrected chi connectivity index (χ0v) is 13.3. The monoisotopic (exact) mass is 352 g/mol. The molecule has 0 bridgehead atoms. The molecule has 23 heavy (non-hydrogen) atoms. The topological polar surface area (TPSA) is 64.4 Å². The van der Waals surface area contributed by atoms with Crippen LogP contribution in [-0.2, 0) is 16.0 Å². The summed E-state index contributed by atoms with van der Waals surface area (Å²) in [4.78, 5) is 12.2. The zero-order valence-electron chi connectivity index (χ0n) is 12.5. The number of anilines is 1. The van der Waals surface area contributed by atoms with Crippen LogP contribution >= 0.6 is 12.4 Å². The molecule has 0 spiro atoms. The van der Waals surface area contributed by atoms with Gasteiger partial charge in [-0.2, -0.15) is 13.2 Å². The summed E-state index contributed by atoms with van der Waals surface area (Å²) in [6.45, 7) is 0.852. The number of aryl methyl sites for hydroxylation is 1. The third-order valence-electron chi connectivity index (χ3n) is 3.72. The maximum atomic E-state index is 12.2. The maximum Gasteiger partial charge on any atom is 0.389 e. The van der Waals surface area contributed by atoms with Crippen molar-refractivity contribution < 1.29 is 22.7 Å². The molecule has 0 atom stereocenters. The fraction of sp³-hybridized carbons (Fsp3) is 0.533. The van der Waals surface area contributed by atoms with Crippen LogP contribution in [-0.4, -0.2) is 30.8 Å². The highest BCUT2D eigenvalue weighted by Gasteiger charge is 2.36. The molecule has 1 heterocycles. The van der Waals surface area contributed by atoms with Gasteiger partial charge in [0, 0.05) is 25.3 Å². The Morgan fingerprint density at radius 2 is 1.96 bits per heavy atom. The quantitative estimate of drug-likeness (QED) is 0.875. The Bertz CT molecular complexity index is 532. The van der Waals surface area contributed by atoms with Crippen LogP contribution in [0.5, 0.6) is 0 Å². The zero-order chi connectivity index (χ0) is 16.2. The molecule has 1 saturated heterocycles. The van der Waals surface area contributed by atoms with Crippen LogP contribution < -0.4 is 11.1 Å². The van der Waals surface area contributed by atoms with E-state index in [1.165, 1.54) is 0 Å². The van der Waals surface area contributed by atoms with Crippen LogP contribution in [0, 0.1) is 0 Å². The van der Waals surface area contributed by atoms with Crippen molar-refractivity contribution in [2.45, 2.75) is 37.4 Å². The number of nitrogens with one attached hydrogen (secondary N) is 1. The molecule has 2 rings (SSSR count). The molecule has 3 N–H and O–H groups in total. The van der Waals surface area contributed by atoms with E-state index in [4.69, 9.17) is 10.5 Å². The van der Waals surface area contributed by atoms with E-state index in [0.717, 1.165) is 0 Å². The lowest BCUT2D eigenvalue weighted by molar-refractivity contribution is -0.134. The smallest absolute Gasteiger partial charge is 0.381 e. The molecule has 1 aromatic carbocycles. The van der Waals surface area contributed by atoms with Gasteiger partial charge in [0.2, 0.25) is 5.91 Å². The van der Waals surface area contributed by atoms with Crippen molar-refractivity contribution in [3.63, 3.8) is 0 Å². The number of amides is 1. The number of hydrogen-bond donors (Lipinski definition) is 2. The largest absolute Gasteiger partial charge is 0.389 e. The molecule has 0 unspecified atom stereocenters. The summed E-state index contributed by atoms with van der Waals surface area (Å²) < 4.78 is 41.9. The summed E-state index contributed by atoms with van der Waals surface area (Å²) in [5, 5.41) is 2.69. The SMILES string of the molecule is Cl.NC1(C(=O)Nc2cccc(CCC(F)(F)F)c2)CCOCC1. The lowest BCUT2D eigenvalue weighted by Gasteiger charge is -2.31. The van der Waals surface area contributed by atoms with Crippen molar-refractivity contribution in [1.29, 1.82) is 0 Å². The number of halogens is 4. The van der Waals surface area contributed by atoms with Gasteiger partial charge in [-0.05, 0) is 37.0 Å². The molecule has 8 heteroatoms. The maximum absolute atomic E-state index is 12.2. The molecule has 1 amide bonds. The van der Waals surface area contributed by atoms with Crippen molar-refractivity contribution in [1.82, 2.24) is 0 Å². The Kier molecular flexibility index (Phi) is 6.85. The van der Waals surface area contributed by atoms with E-state index in [1.807, 2.05) is 0 Å². The molecular weight excluding hydrogens is 333 g/mol. The van der Waals surface area contributed by atoms with Crippen molar-refractivity contribution >= 4 is 24.0 Å². The number of rotatable bonds is 4. The lowest BCUT2D eigenvalue weighted by Crippen LogP contribution is -2.54. The highest BCUT2D eigenvalue weighted by molar-refractivity contribution is 5.98. The first-order valence-corrected chi connectivity index (χ1v) is 7.12. The third kappa shape index (κ3) is 6.01. The van der Waals surface area contributed by atoms with Gasteiger partial charge in [-0.1, -0.05) is 12.1 Å². The van der Waals surface area contributed by atoms with Crippen LogP contribution in [0.1, 0.15) is 24.8 Å². The van der Waals surface area contributed by atoms with E-state index >= 15 is 0 Å². The summed E-state index contributed by atoms with van der Waals surface area (Å²) in [7, 11) is 0.